The molecule has 152 valence electrons. The number of likely N-dealkylation sites (tertiary alicyclic amines) is 1. The van der Waals surface area contributed by atoms with Crippen molar-refractivity contribution in [3.63, 3.8) is 0 Å². The Kier molecular flexibility index (Phi) is 6.59. The summed E-state index contributed by atoms with van der Waals surface area (Å²) in [6.07, 6.45) is 0.655. The maximum atomic E-state index is 13.1. The molecule has 0 bridgehead atoms. The predicted molar refractivity (Wildman–Crippen MR) is 111 cm³/mol. The third kappa shape index (κ3) is 4.63. The molecule has 2 rings (SSSR count). The van der Waals surface area contributed by atoms with Crippen LogP contribution < -0.4 is 0 Å². The fourth-order valence-electron chi connectivity index (χ4n) is 3.17. The number of rotatable bonds is 7. The van der Waals surface area contributed by atoms with Crippen LogP contribution in [-0.4, -0.2) is 52.5 Å². The van der Waals surface area contributed by atoms with Gasteiger partial charge in [-0.2, -0.15) is 0 Å². The van der Waals surface area contributed by atoms with Crippen molar-refractivity contribution in [2.75, 3.05) is 19.7 Å². The van der Waals surface area contributed by atoms with Gasteiger partial charge < -0.3 is 9.33 Å². The highest BCUT2D eigenvalue weighted by molar-refractivity contribution is 7.92. The number of nitrogens with zero attached hydrogens (tertiary/aromatic N) is 1. The minimum absolute atomic E-state index is 0.104. The van der Waals surface area contributed by atoms with Gasteiger partial charge in [-0.05, 0) is 36.7 Å². The summed E-state index contributed by atoms with van der Waals surface area (Å²) in [7, 11) is -5.57. The van der Waals surface area contributed by atoms with Gasteiger partial charge in [0.25, 0.3) is 0 Å². The Morgan fingerprint density at radius 3 is 2.30 bits per heavy atom. The van der Waals surface area contributed by atoms with Crippen LogP contribution in [0.5, 0.6) is 0 Å². The first kappa shape index (κ1) is 22.1. The first-order chi connectivity index (χ1) is 12.4. The summed E-state index contributed by atoms with van der Waals surface area (Å²) in [4.78, 5) is 14.8. The fourth-order valence-corrected chi connectivity index (χ4v) is 6.23. The molecule has 1 fully saturated rings. The number of benzene rings is 1. The minimum atomic E-state index is -3.68. The van der Waals surface area contributed by atoms with Gasteiger partial charge in [0, 0.05) is 19.0 Å². The molecular weight excluding hydrogens is 378 g/mol. The van der Waals surface area contributed by atoms with E-state index in [1.807, 2.05) is 6.92 Å². The second-order valence-electron chi connectivity index (χ2n) is 8.84. The second-order valence-corrected chi connectivity index (χ2v) is 15.7. The number of hydrogen-bond acceptors (Lipinski definition) is 4. The zero-order valence-corrected chi connectivity index (χ0v) is 19.2. The van der Waals surface area contributed by atoms with Gasteiger partial charge in [-0.15, -0.1) is 0 Å². The van der Waals surface area contributed by atoms with Crippen LogP contribution in [-0.2, 0) is 19.1 Å². The third-order valence-corrected chi connectivity index (χ3v) is 12.7. The van der Waals surface area contributed by atoms with Crippen molar-refractivity contribution < 1.29 is 17.6 Å². The Bertz CT molecular complexity index is 756. The monoisotopic (exact) mass is 411 g/mol. The van der Waals surface area contributed by atoms with E-state index < -0.39 is 23.4 Å². The number of hydrogen-bond donors (Lipinski definition) is 0. The standard InChI is InChI=1S/C20H33NO4SSi/c1-7-16-15-21(13-14-25-27(5,6)20(2,3)4)19(22)18(16)26(23,24)17-11-9-8-10-12-17/h8-12,16,18H,7,13-15H2,1-6H3/t16-,18+/m1/s1. The lowest BCUT2D eigenvalue weighted by Crippen LogP contribution is -2.43. The molecule has 7 heteroatoms. The number of carbonyl (C=O) groups is 1. The van der Waals surface area contributed by atoms with E-state index in [0.717, 1.165) is 0 Å². The Morgan fingerprint density at radius 2 is 1.78 bits per heavy atom. The Morgan fingerprint density at radius 1 is 1.19 bits per heavy atom. The predicted octanol–water partition coefficient (Wildman–Crippen LogP) is 3.72. The van der Waals surface area contributed by atoms with E-state index in [9.17, 15) is 13.2 Å². The lowest BCUT2D eigenvalue weighted by Gasteiger charge is -2.36. The van der Waals surface area contributed by atoms with Crippen LogP contribution in [0.25, 0.3) is 0 Å². The van der Waals surface area contributed by atoms with Gasteiger partial charge in [0.05, 0.1) is 11.5 Å². The topological polar surface area (TPSA) is 63.7 Å². The Hall–Kier alpha value is -1.18. The smallest absolute Gasteiger partial charge is 0.241 e. The highest BCUT2D eigenvalue weighted by atomic mass is 32.2. The van der Waals surface area contributed by atoms with E-state index in [0.29, 0.717) is 26.1 Å². The summed E-state index contributed by atoms with van der Waals surface area (Å²) in [5.74, 6) is -0.472. The van der Waals surface area contributed by atoms with E-state index >= 15 is 0 Å². The van der Waals surface area contributed by atoms with Crippen LogP contribution in [0, 0.1) is 5.92 Å². The van der Waals surface area contributed by atoms with Crippen molar-refractivity contribution in [1.29, 1.82) is 0 Å². The van der Waals surface area contributed by atoms with Crippen LogP contribution in [0.2, 0.25) is 18.1 Å². The molecule has 0 spiro atoms. The van der Waals surface area contributed by atoms with Crippen LogP contribution in [0.15, 0.2) is 35.2 Å². The fraction of sp³-hybridized carbons (Fsp3) is 0.650. The zero-order valence-electron chi connectivity index (χ0n) is 17.4. The van der Waals surface area contributed by atoms with Gasteiger partial charge in [0.1, 0.15) is 5.25 Å². The maximum absolute atomic E-state index is 13.1. The summed E-state index contributed by atoms with van der Waals surface area (Å²) in [5, 5.41) is -0.884. The Balaban J connectivity index is 2.12. The molecule has 1 amide bonds. The molecule has 0 aliphatic carbocycles. The molecule has 0 aromatic heterocycles. The maximum Gasteiger partial charge on any atom is 0.241 e. The normalized spacial score (nSPS) is 21.7. The molecule has 1 aliphatic heterocycles. The summed E-state index contributed by atoms with van der Waals surface area (Å²) in [6, 6.07) is 8.30. The lowest BCUT2D eigenvalue weighted by atomic mass is 10.1. The summed E-state index contributed by atoms with van der Waals surface area (Å²) < 4.78 is 32.3. The minimum Gasteiger partial charge on any atom is -0.415 e. The zero-order chi connectivity index (χ0) is 20.5. The average molecular weight is 412 g/mol. The van der Waals surface area contributed by atoms with Gasteiger partial charge in [0.2, 0.25) is 5.91 Å². The summed E-state index contributed by atoms with van der Waals surface area (Å²) in [6.45, 7) is 14.2. The van der Waals surface area contributed by atoms with Gasteiger partial charge in [-0.25, -0.2) is 8.42 Å². The molecule has 5 nitrogen and oxygen atoms in total. The first-order valence-corrected chi connectivity index (χ1v) is 14.1. The molecule has 27 heavy (non-hydrogen) atoms. The SMILES string of the molecule is CC[C@@H]1CN(CCO[Si](C)(C)C(C)(C)C)C(=O)[C@H]1S(=O)(=O)c1ccccc1. The quantitative estimate of drug-likeness (QED) is 0.642. The van der Waals surface area contributed by atoms with E-state index in [4.69, 9.17) is 4.43 Å². The summed E-state index contributed by atoms with van der Waals surface area (Å²) in [5.41, 5.74) is 0. The number of sulfone groups is 1. The molecule has 0 unspecified atom stereocenters. The van der Waals surface area contributed by atoms with E-state index in [1.165, 1.54) is 0 Å². The number of amides is 1. The van der Waals surface area contributed by atoms with Crippen LogP contribution >= 0.6 is 0 Å². The van der Waals surface area contributed by atoms with Crippen molar-refractivity contribution in [1.82, 2.24) is 4.90 Å². The van der Waals surface area contributed by atoms with Crippen LogP contribution in [0.4, 0.5) is 0 Å². The molecule has 0 radical (unpaired) electrons. The van der Waals surface area contributed by atoms with E-state index in [1.54, 1.807) is 35.2 Å². The van der Waals surface area contributed by atoms with Crippen molar-refractivity contribution in [3.05, 3.63) is 30.3 Å². The molecule has 0 N–H and O–H groups in total. The largest absolute Gasteiger partial charge is 0.415 e. The summed E-state index contributed by atoms with van der Waals surface area (Å²) >= 11 is 0. The van der Waals surface area contributed by atoms with Gasteiger partial charge in [-0.3, -0.25) is 4.79 Å². The third-order valence-electron chi connectivity index (χ3n) is 6.00. The van der Waals surface area contributed by atoms with Gasteiger partial charge >= 0.3 is 0 Å². The molecule has 1 aliphatic rings. The van der Waals surface area contributed by atoms with Crippen molar-refractivity contribution in [2.45, 2.75) is 62.4 Å². The molecular formula is C20H33NO4SSi. The highest BCUT2D eigenvalue weighted by Gasteiger charge is 2.48. The second kappa shape index (κ2) is 8.05. The molecule has 1 aromatic rings. The molecule has 1 heterocycles. The van der Waals surface area contributed by atoms with Crippen molar-refractivity contribution in [2.24, 2.45) is 5.92 Å². The lowest BCUT2D eigenvalue weighted by molar-refractivity contribution is -0.127. The average Bonchev–Trinajstić information content (AvgIpc) is 2.91. The molecule has 0 saturated carbocycles. The number of carbonyl (C=O) groups excluding carboxylic acids is 1. The van der Waals surface area contributed by atoms with Crippen molar-refractivity contribution >= 4 is 24.1 Å². The van der Waals surface area contributed by atoms with E-state index in [2.05, 4.69) is 33.9 Å². The van der Waals surface area contributed by atoms with Crippen LogP contribution in [0.3, 0.4) is 0 Å². The van der Waals surface area contributed by atoms with Crippen LogP contribution in [0.1, 0.15) is 34.1 Å². The van der Waals surface area contributed by atoms with E-state index in [-0.39, 0.29) is 21.8 Å². The van der Waals surface area contributed by atoms with Crippen molar-refractivity contribution in [3.8, 4) is 0 Å². The molecule has 1 saturated heterocycles. The first-order valence-electron chi connectivity index (χ1n) is 9.63. The van der Waals surface area contributed by atoms with Gasteiger partial charge in [-0.1, -0.05) is 45.9 Å². The Labute approximate surface area is 165 Å². The molecule has 1 aromatic carbocycles. The highest BCUT2D eigenvalue weighted by Crippen LogP contribution is 2.37. The van der Waals surface area contributed by atoms with Gasteiger partial charge in [0.15, 0.2) is 18.2 Å². The molecule has 2 atom stereocenters.